The van der Waals surface area contributed by atoms with Gasteiger partial charge in [0.05, 0.1) is 13.5 Å². The summed E-state index contributed by atoms with van der Waals surface area (Å²) in [5.41, 5.74) is 1.62. The zero-order valence-electron chi connectivity index (χ0n) is 13.8. The van der Waals surface area contributed by atoms with Crippen molar-refractivity contribution < 1.29 is 19.4 Å². The second kappa shape index (κ2) is 8.15. The van der Waals surface area contributed by atoms with Crippen molar-refractivity contribution in [3.63, 3.8) is 0 Å². The van der Waals surface area contributed by atoms with Crippen LogP contribution in [0.1, 0.15) is 18.1 Å². The average Bonchev–Trinajstić information content (AvgIpc) is 2.60. The quantitative estimate of drug-likeness (QED) is 0.849. The molecule has 1 N–H and O–H groups in total. The van der Waals surface area contributed by atoms with Crippen LogP contribution < -0.4 is 4.74 Å². The second-order valence-electron chi connectivity index (χ2n) is 5.51. The van der Waals surface area contributed by atoms with Crippen molar-refractivity contribution in [1.29, 1.82) is 0 Å². The molecule has 5 heteroatoms. The van der Waals surface area contributed by atoms with Crippen molar-refractivity contribution in [3.8, 4) is 5.75 Å². The number of carboxylic acid groups (broad SMARTS) is 1. The van der Waals surface area contributed by atoms with E-state index >= 15 is 0 Å². The van der Waals surface area contributed by atoms with E-state index in [0.717, 1.165) is 11.1 Å². The van der Waals surface area contributed by atoms with E-state index in [2.05, 4.69) is 0 Å². The van der Waals surface area contributed by atoms with Crippen LogP contribution in [-0.2, 0) is 22.6 Å². The van der Waals surface area contributed by atoms with Gasteiger partial charge in [0.2, 0.25) is 5.91 Å². The summed E-state index contributed by atoms with van der Waals surface area (Å²) < 4.78 is 5.27. The lowest BCUT2D eigenvalue weighted by molar-refractivity contribution is -0.149. The summed E-state index contributed by atoms with van der Waals surface area (Å²) in [6, 6.07) is 15.7. The van der Waals surface area contributed by atoms with Crippen LogP contribution in [0.2, 0.25) is 0 Å². The van der Waals surface area contributed by atoms with E-state index in [-0.39, 0.29) is 18.9 Å². The summed E-state index contributed by atoms with van der Waals surface area (Å²) in [4.78, 5) is 25.5. The lowest BCUT2D eigenvalue weighted by Crippen LogP contribution is -2.43. The molecule has 5 nitrogen and oxygen atoms in total. The van der Waals surface area contributed by atoms with E-state index in [4.69, 9.17) is 4.74 Å². The summed E-state index contributed by atoms with van der Waals surface area (Å²) in [6.07, 6.45) is 0.0917. The third kappa shape index (κ3) is 4.35. The van der Waals surface area contributed by atoms with Gasteiger partial charge in [-0.2, -0.15) is 0 Å². The molecule has 2 aromatic carbocycles. The molecular weight excluding hydrogens is 306 g/mol. The highest BCUT2D eigenvalue weighted by Crippen LogP contribution is 2.20. The van der Waals surface area contributed by atoms with Crippen LogP contribution >= 0.6 is 0 Å². The van der Waals surface area contributed by atoms with Gasteiger partial charge in [0.1, 0.15) is 11.8 Å². The largest absolute Gasteiger partial charge is 0.496 e. The van der Waals surface area contributed by atoms with Crippen LogP contribution in [0, 0.1) is 0 Å². The van der Waals surface area contributed by atoms with Gasteiger partial charge in [0.25, 0.3) is 0 Å². The first-order valence-electron chi connectivity index (χ1n) is 7.71. The van der Waals surface area contributed by atoms with E-state index < -0.39 is 12.0 Å². The van der Waals surface area contributed by atoms with Crippen molar-refractivity contribution >= 4 is 11.9 Å². The van der Waals surface area contributed by atoms with Gasteiger partial charge in [-0.25, -0.2) is 4.79 Å². The standard InChI is InChI=1S/C19H21NO4/c1-14(19(22)23)20(13-15-8-4-3-5-9-15)18(21)12-16-10-6-7-11-17(16)24-2/h3-11,14H,12-13H2,1-2H3,(H,22,23). The van der Waals surface area contributed by atoms with E-state index in [9.17, 15) is 14.7 Å². The second-order valence-corrected chi connectivity index (χ2v) is 5.51. The Hall–Kier alpha value is -2.82. The Bertz CT molecular complexity index is 700. The van der Waals surface area contributed by atoms with E-state index in [1.807, 2.05) is 48.5 Å². The molecule has 2 aromatic rings. The fourth-order valence-electron chi connectivity index (χ4n) is 2.47. The normalized spacial score (nSPS) is 11.6. The molecule has 1 unspecified atom stereocenters. The maximum Gasteiger partial charge on any atom is 0.326 e. The molecule has 0 spiro atoms. The predicted molar refractivity (Wildman–Crippen MR) is 90.8 cm³/mol. The lowest BCUT2D eigenvalue weighted by atomic mass is 10.1. The highest BCUT2D eigenvalue weighted by atomic mass is 16.5. The summed E-state index contributed by atoms with van der Waals surface area (Å²) in [7, 11) is 1.55. The number of hydrogen-bond donors (Lipinski definition) is 1. The van der Waals surface area contributed by atoms with Crippen molar-refractivity contribution in [2.75, 3.05) is 7.11 Å². The van der Waals surface area contributed by atoms with Crippen LogP contribution in [0.4, 0.5) is 0 Å². The summed E-state index contributed by atoms with van der Waals surface area (Å²) in [5, 5.41) is 9.33. The Kier molecular flexibility index (Phi) is 5.95. The van der Waals surface area contributed by atoms with E-state index in [1.165, 1.54) is 11.8 Å². The molecule has 0 saturated carbocycles. The van der Waals surface area contributed by atoms with Crippen molar-refractivity contribution in [2.24, 2.45) is 0 Å². The average molecular weight is 327 g/mol. The lowest BCUT2D eigenvalue weighted by Gasteiger charge is -2.27. The molecule has 1 amide bonds. The minimum atomic E-state index is -1.03. The van der Waals surface area contributed by atoms with E-state index in [0.29, 0.717) is 5.75 Å². The number of rotatable bonds is 7. The Morgan fingerprint density at radius 3 is 2.33 bits per heavy atom. The number of benzene rings is 2. The maximum absolute atomic E-state index is 12.7. The molecule has 0 aliphatic rings. The number of carboxylic acids is 1. The molecule has 0 aliphatic heterocycles. The highest BCUT2D eigenvalue weighted by Gasteiger charge is 2.26. The van der Waals surface area contributed by atoms with Gasteiger partial charge in [-0.05, 0) is 18.6 Å². The fourth-order valence-corrected chi connectivity index (χ4v) is 2.47. The third-order valence-corrected chi connectivity index (χ3v) is 3.88. The number of aliphatic carboxylic acids is 1. The zero-order valence-corrected chi connectivity index (χ0v) is 13.8. The molecule has 0 aromatic heterocycles. The number of methoxy groups -OCH3 is 1. The minimum absolute atomic E-state index is 0.0917. The van der Waals surface area contributed by atoms with Gasteiger partial charge in [0, 0.05) is 12.1 Å². The van der Waals surface area contributed by atoms with Gasteiger partial charge in [0.15, 0.2) is 0 Å². The first-order chi connectivity index (χ1) is 11.5. The third-order valence-electron chi connectivity index (χ3n) is 3.88. The smallest absolute Gasteiger partial charge is 0.326 e. The van der Waals surface area contributed by atoms with Crippen LogP contribution in [0.25, 0.3) is 0 Å². The van der Waals surface area contributed by atoms with Gasteiger partial charge in [-0.15, -0.1) is 0 Å². The van der Waals surface area contributed by atoms with Gasteiger partial charge >= 0.3 is 5.97 Å². The molecule has 1 atom stereocenters. The molecular formula is C19H21NO4. The molecule has 126 valence electrons. The number of amides is 1. The molecule has 24 heavy (non-hydrogen) atoms. The molecule has 0 saturated heterocycles. The monoisotopic (exact) mass is 327 g/mol. The van der Waals surface area contributed by atoms with Crippen molar-refractivity contribution in [1.82, 2.24) is 4.90 Å². The molecule has 0 radical (unpaired) electrons. The Morgan fingerprint density at radius 2 is 1.71 bits per heavy atom. The topological polar surface area (TPSA) is 66.8 Å². The molecule has 0 aliphatic carbocycles. The summed E-state index contributed by atoms with van der Waals surface area (Å²) >= 11 is 0. The van der Waals surface area contributed by atoms with Gasteiger partial charge in [-0.3, -0.25) is 4.79 Å². The first kappa shape index (κ1) is 17.5. The van der Waals surface area contributed by atoms with Gasteiger partial charge < -0.3 is 14.7 Å². The van der Waals surface area contributed by atoms with Crippen molar-refractivity contribution in [2.45, 2.75) is 25.9 Å². The van der Waals surface area contributed by atoms with Crippen molar-refractivity contribution in [3.05, 3.63) is 65.7 Å². The van der Waals surface area contributed by atoms with Crippen LogP contribution in [0.15, 0.2) is 54.6 Å². The van der Waals surface area contributed by atoms with Gasteiger partial charge in [-0.1, -0.05) is 48.5 Å². The maximum atomic E-state index is 12.7. The molecule has 0 fully saturated rings. The summed E-state index contributed by atoms with van der Waals surface area (Å²) in [5.74, 6) is -0.661. The predicted octanol–water partition coefficient (Wildman–Crippen LogP) is 2.74. The molecule has 0 bridgehead atoms. The number of carbonyl (C=O) groups is 2. The Morgan fingerprint density at radius 1 is 1.08 bits per heavy atom. The number of nitrogens with zero attached hydrogens (tertiary/aromatic N) is 1. The number of para-hydroxylation sites is 1. The van der Waals surface area contributed by atoms with Crippen LogP contribution in [-0.4, -0.2) is 35.0 Å². The molecule has 0 heterocycles. The SMILES string of the molecule is COc1ccccc1CC(=O)N(Cc1ccccc1)C(C)C(=O)O. The van der Waals surface area contributed by atoms with E-state index in [1.54, 1.807) is 13.2 Å². The number of hydrogen-bond acceptors (Lipinski definition) is 3. The summed E-state index contributed by atoms with van der Waals surface area (Å²) in [6.45, 7) is 1.77. The Labute approximate surface area is 141 Å². The van der Waals surface area contributed by atoms with Crippen LogP contribution in [0.3, 0.4) is 0 Å². The minimum Gasteiger partial charge on any atom is -0.496 e. The number of ether oxygens (including phenoxy) is 1. The fraction of sp³-hybridized carbons (Fsp3) is 0.263. The first-order valence-corrected chi connectivity index (χ1v) is 7.71. The van der Waals surface area contributed by atoms with Crippen LogP contribution in [0.5, 0.6) is 5.75 Å². The Balaban J connectivity index is 2.22. The molecule has 2 rings (SSSR count). The zero-order chi connectivity index (χ0) is 17.5. The highest BCUT2D eigenvalue weighted by molar-refractivity contribution is 5.85. The number of carbonyl (C=O) groups excluding carboxylic acids is 1.